The average Bonchev–Trinajstić information content (AvgIpc) is 2.79. The third kappa shape index (κ3) is 1.75. The molecule has 2 nitrogen and oxygen atoms in total. The van der Waals surface area contributed by atoms with Gasteiger partial charge in [-0.1, -0.05) is 69.6 Å². The zero-order valence-corrected chi connectivity index (χ0v) is 17.4. The van der Waals surface area contributed by atoms with E-state index in [9.17, 15) is 0 Å². The van der Waals surface area contributed by atoms with Crippen LogP contribution in [0, 0.1) is 0 Å². The molecule has 0 aromatic heterocycles. The molecule has 126 valence electrons. The van der Waals surface area contributed by atoms with E-state index < -0.39 is 15.5 Å². The van der Waals surface area contributed by atoms with Gasteiger partial charge in [-0.2, -0.15) is 0 Å². The highest BCUT2D eigenvalue weighted by Crippen LogP contribution is 2.77. The van der Waals surface area contributed by atoms with Crippen molar-refractivity contribution in [3.8, 4) is 0 Å². The Kier molecular flexibility index (Phi) is 4.62. The van der Waals surface area contributed by atoms with Gasteiger partial charge < -0.3 is 9.47 Å². The molecule has 1 aromatic carbocycles. The van der Waals surface area contributed by atoms with Gasteiger partial charge in [0, 0.05) is 25.3 Å². The third-order valence-electron chi connectivity index (χ3n) is 4.24. The fourth-order valence-corrected chi connectivity index (χ4v) is 6.56. The summed E-state index contributed by atoms with van der Waals surface area (Å²) in [7, 11) is 2.71. The highest BCUT2D eigenvalue weighted by atomic mass is 35.5. The third-order valence-corrected chi connectivity index (χ3v) is 8.53. The second-order valence-electron chi connectivity index (χ2n) is 4.98. The van der Waals surface area contributed by atoms with Crippen LogP contribution in [0.25, 0.3) is 0 Å². The van der Waals surface area contributed by atoms with Crippen molar-refractivity contribution in [1.29, 1.82) is 0 Å². The molecule has 10 heteroatoms. The number of ether oxygens (including phenoxy) is 2. The Bertz CT molecular complexity index is 713. The first-order valence-electron chi connectivity index (χ1n) is 5.99. The molecule has 2 aliphatic rings. The second kappa shape index (κ2) is 5.60. The minimum Gasteiger partial charge on any atom is -0.349 e. The summed E-state index contributed by atoms with van der Waals surface area (Å²) in [6.45, 7) is 0. The Morgan fingerprint density at radius 3 is 1.17 bits per heavy atom. The van der Waals surface area contributed by atoms with Crippen LogP contribution in [0.3, 0.4) is 0 Å². The standard InChI is InChI=1S/C13H6Cl8O2/c1-22-13(23-2)11(20)3-4(12(13,21)10(19)9(11)18)6(15)8(17)7(16)5(3)14/h1-2H3. The molecule has 0 fully saturated rings. The summed E-state index contributed by atoms with van der Waals surface area (Å²) in [6.07, 6.45) is 0. The monoisotopic (exact) mass is 474 g/mol. The lowest BCUT2D eigenvalue weighted by Gasteiger charge is -2.40. The molecule has 2 atom stereocenters. The average molecular weight is 478 g/mol. The van der Waals surface area contributed by atoms with E-state index in [1.807, 2.05) is 0 Å². The van der Waals surface area contributed by atoms with E-state index in [2.05, 4.69) is 0 Å². The Morgan fingerprint density at radius 1 is 0.609 bits per heavy atom. The molecule has 0 N–H and O–H groups in total. The van der Waals surface area contributed by atoms with Gasteiger partial charge in [0.2, 0.25) is 5.79 Å². The quantitative estimate of drug-likeness (QED) is 0.200. The van der Waals surface area contributed by atoms with Crippen molar-refractivity contribution < 1.29 is 9.47 Å². The molecule has 0 amide bonds. The zero-order valence-electron chi connectivity index (χ0n) is 11.3. The van der Waals surface area contributed by atoms with Gasteiger partial charge in [0.1, 0.15) is 0 Å². The van der Waals surface area contributed by atoms with Crippen LogP contribution in [0.15, 0.2) is 10.1 Å². The van der Waals surface area contributed by atoms with Crippen molar-refractivity contribution in [3.63, 3.8) is 0 Å². The van der Waals surface area contributed by atoms with Crippen molar-refractivity contribution >= 4 is 92.8 Å². The zero-order chi connectivity index (χ0) is 17.5. The molecule has 1 aromatic rings. The molecule has 23 heavy (non-hydrogen) atoms. The van der Waals surface area contributed by atoms with Gasteiger partial charge in [0.05, 0.1) is 30.2 Å². The van der Waals surface area contributed by atoms with Gasteiger partial charge in [-0.25, -0.2) is 0 Å². The number of hydrogen-bond acceptors (Lipinski definition) is 2. The molecule has 0 spiro atoms. The molecular formula is C13H6Cl8O2. The summed E-state index contributed by atoms with van der Waals surface area (Å²) in [5, 5.41) is 0.175. The number of fused-ring (bicyclic) bond motifs is 5. The van der Waals surface area contributed by atoms with Gasteiger partial charge in [-0.15, -0.1) is 23.2 Å². The van der Waals surface area contributed by atoms with Crippen LogP contribution in [-0.4, -0.2) is 20.0 Å². The molecule has 0 radical (unpaired) electrons. The van der Waals surface area contributed by atoms with Crippen molar-refractivity contribution in [2.75, 3.05) is 14.2 Å². The number of rotatable bonds is 2. The summed E-state index contributed by atoms with van der Waals surface area (Å²) in [5.74, 6) is -1.69. The van der Waals surface area contributed by atoms with Crippen LogP contribution in [0.5, 0.6) is 0 Å². The molecule has 0 aliphatic heterocycles. The fraction of sp³-hybridized carbons (Fsp3) is 0.385. The highest BCUT2D eigenvalue weighted by molar-refractivity contribution is 6.57. The van der Waals surface area contributed by atoms with E-state index >= 15 is 0 Å². The summed E-state index contributed by atoms with van der Waals surface area (Å²) < 4.78 is 11.1. The number of methoxy groups -OCH3 is 2. The lowest BCUT2D eigenvalue weighted by atomic mass is 9.95. The molecule has 0 saturated carbocycles. The first-order chi connectivity index (χ1) is 10.6. The van der Waals surface area contributed by atoms with Crippen molar-refractivity contribution in [3.05, 3.63) is 41.3 Å². The minimum absolute atomic E-state index is 0.0170. The van der Waals surface area contributed by atoms with Crippen molar-refractivity contribution in [2.24, 2.45) is 0 Å². The molecule has 0 heterocycles. The van der Waals surface area contributed by atoms with Crippen LogP contribution in [0.4, 0.5) is 0 Å². The van der Waals surface area contributed by atoms with Crippen LogP contribution >= 0.6 is 92.8 Å². The number of halogens is 8. The maximum absolute atomic E-state index is 6.83. The minimum atomic E-state index is -1.69. The maximum atomic E-state index is 6.83. The van der Waals surface area contributed by atoms with Gasteiger partial charge in [-0.05, 0) is 0 Å². The lowest BCUT2D eigenvalue weighted by molar-refractivity contribution is -0.228. The largest absolute Gasteiger partial charge is 0.349 e. The fourth-order valence-electron chi connectivity index (χ4n) is 3.30. The Balaban J connectivity index is 2.59. The normalized spacial score (nSPS) is 31.0. The van der Waals surface area contributed by atoms with E-state index in [4.69, 9.17) is 102 Å². The smallest absolute Gasteiger partial charge is 0.225 e. The van der Waals surface area contributed by atoms with Crippen molar-refractivity contribution in [2.45, 2.75) is 15.5 Å². The lowest BCUT2D eigenvalue weighted by Crippen LogP contribution is -2.53. The van der Waals surface area contributed by atoms with Crippen LogP contribution in [-0.2, 0) is 19.2 Å². The predicted molar refractivity (Wildman–Crippen MR) is 97.0 cm³/mol. The molecule has 0 saturated heterocycles. The Hall–Kier alpha value is 1.20. The van der Waals surface area contributed by atoms with E-state index in [-0.39, 0.29) is 41.3 Å². The summed E-state index contributed by atoms with van der Waals surface area (Å²) in [4.78, 5) is -3.28. The van der Waals surface area contributed by atoms with Crippen LogP contribution in [0.1, 0.15) is 11.1 Å². The summed E-state index contributed by atoms with van der Waals surface area (Å²) in [6, 6.07) is 0. The van der Waals surface area contributed by atoms with Gasteiger partial charge in [0.25, 0.3) is 0 Å². The van der Waals surface area contributed by atoms with E-state index in [0.29, 0.717) is 0 Å². The molecular weight excluding hydrogens is 472 g/mol. The molecule has 2 unspecified atom stereocenters. The first kappa shape index (κ1) is 19.0. The van der Waals surface area contributed by atoms with E-state index in [1.54, 1.807) is 0 Å². The summed E-state index contributed by atoms with van der Waals surface area (Å²) >= 11 is 51.4. The van der Waals surface area contributed by atoms with E-state index in [1.165, 1.54) is 14.2 Å². The second-order valence-corrected chi connectivity index (χ2v) is 8.38. The SMILES string of the molecule is COC1(OC)C2(Cl)C(Cl)=C(Cl)C1(Cl)c1c(Cl)c(Cl)c(Cl)c(Cl)c12. The molecule has 2 aliphatic carbocycles. The predicted octanol–water partition coefficient (Wildman–Crippen LogP) is 6.87. The van der Waals surface area contributed by atoms with E-state index in [0.717, 1.165) is 0 Å². The van der Waals surface area contributed by atoms with Gasteiger partial charge in [0.15, 0.2) is 9.75 Å². The molecule has 3 rings (SSSR count). The number of benzene rings is 1. The first-order valence-corrected chi connectivity index (χ1v) is 9.01. The Labute approximate surface area is 172 Å². The number of hydrogen-bond donors (Lipinski definition) is 0. The summed E-state index contributed by atoms with van der Waals surface area (Å²) in [5.41, 5.74) is 0.515. The maximum Gasteiger partial charge on any atom is 0.225 e. The number of alkyl halides is 2. The Morgan fingerprint density at radius 2 is 0.913 bits per heavy atom. The van der Waals surface area contributed by atoms with Gasteiger partial charge in [-0.3, -0.25) is 0 Å². The van der Waals surface area contributed by atoms with Crippen LogP contribution < -0.4 is 0 Å². The highest BCUT2D eigenvalue weighted by Gasteiger charge is 2.81. The van der Waals surface area contributed by atoms with Crippen LogP contribution in [0.2, 0.25) is 20.1 Å². The van der Waals surface area contributed by atoms with Crippen molar-refractivity contribution in [1.82, 2.24) is 0 Å². The topological polar surface area (TPSA) is 18.5 Å². The van der Waals surface area contributed by atoms with Gasteiger partial charge >= 0.3 is 0 Å². The molecule has 2 bridgehead atoms.